The summed E-state index contributed by atoms with van der Waals surface area (Å²) in [5.74, 6) is -2.56. The van der Waals surface area contributed by atoms with Gasteiger partial charge < -0.3 is 26.4 Å². The number of carboxylic acid groups (broad SMARTS) is 1. The van der Waals surface area contributed by atoms with E-state index in [0.717, 1.165) is 17.0 Å². The lowest BCUT2D eigenvalue weighted by molar-refractivity contribution is -0.432. The predicted molar refractivity (Wildman–Crippen MR) is 115 cm³/mol. The van der Waals surface area contributed by atoms with Crippen LogP contribution in [0.3, 0.4) is 0 Å². The molecule has 0 radical (unpaired) electrons. The molecule has 186 valence electrons. The number of aromatic nitrogens is 3. The predicted octanol–water partition coefficient (Wildman–Crippen LogP) is 0.513. The highest BCUT2D eigenvalue weighted by Crippen LogP contribution is 2.32. The van der Waals surface area contributed by atoms with Gasteiger partial charge in [0.15, 0.2) is 0 Å². The van der Waals surface area contributed by atoms with Gasteiger partial charge in [-0.2, -0.15) is 23.4 Å². The summed E-state index contributed by atoms with van der Waals surface area (Å²) in [6, 6.07) is 3.26. The summed E-state index contributed by atoms with van der Waals surface area (Å²) in [6.45, 7) is 3.00. The van der Waals surface area contributed by atoms with E-state index < -0.39 is 33.4 Å². The molecule has 0 aliphatic rings. The number of rotatable bonds is 14. The lowest BCUT2D eigenvalue weighted by atomic mass is 10.3. The lowest BCUT2D eigenvalue weighted by Gasteiger charge is -2.21. The molecule has 0 bridgehead atoms. The maximum absolute atomic E-state index is 11.5. The van der Waals surface area contributed by atoms with Gasteiger partial charge in [0.05, 0.1) is 27.5 Å². The van der Waals surface area contributed by atoms with Gasteiger partial charge in [-0.25, -0.2) is 10.5 Å². The average molecular weight is 521 g/mol. The summed E-state index contributed by atoms with van der Waals surface area (Å²) in [6.07, 6.45) is 0. The molecule has 17 nitrogen and oxygen atoms in total. The summed E-state index contributed by atoms with van der Waals surface area (Å²) in [7, 11) is -4.60. The number of carbonyl (C=O) groups is 1. The molecule has 0 unspecified atom stereocenters. The minimum Gasteiger partial charge on any atom is -0.480 e. The number of hydrogen-bond donors (Lipinski definition) is 7. The molecule has 2 rings (SSSR count). The Morgan fingerprint density at radius 2 is 1.94 bits per heavy atom. The molecule has 2 aromatic rings. The molecule has 0 fully saturated rings. The van der Waals surface area contributed by atoms with Crippen LogP contribution >= 0.6 is 12.0 Å². The Labute approximate surface area is 195 Å². The van der Waals surface area contributed by atoms with Crippen LogP contribution in [0.1, 0.15) is 0 Å². The van der Waals surface area contributed by atoms with E-state index in [1.54, 1.807) is 0 Å². The van der Waals surface area contributed by atoms with E-state index in [1.807, 2.05) is 0 Å². The standard InChI is InChI=1S/C15H19N7O10S2/c1-8(30-25)22(7-12(23)24)15-20-13(17-5-4-16)19-14(21-15)18-10-6-9(34(27,28)29)2-3-11(10)33-32-31-26/h2-3,6,25-26H,1,4-5,7,16H2,(H,23,24)(H,27,28,29)(H2,17,18,19,20,21). The summed E-state index contributed by atoms with van der Waals surface area (Å²) in [4.78, 5) is 27.8. The van der Waals surface area contributed by atoms with Crippen molar-refractivity contribution < 1.29 is 47.6 Å². The van der Waals surface area contributed by atoms with Crippen LogP contribution in [0.2, 0.25) is 0 Å². The third kappa shape index (κ3) is 7.64. The summed E-state index contributed by atoms with van der Waals surface area (Å²) in [5, 5.41) is 35.5. The number of nitrogens with zero attached hydrogens (tertiary/aromatic N) is 4. The number of nitrogens with one attached hydrogen (secondary N) is 2. The van der Waals surface area contributed by atoms with Gasteiger partial charge in [0.2, 0.25) is 23.7 Å². The number of carboxylic acids is 1. The summed E-state index contributed by atoms with van der Waals surface area (Å²) >= 11 is 0.461. The van der Waals surface area contributed by atoms with E-state index in [1.165, 1.54) is 6.07 Å². The van der Waals surface area contributed by atoms with Crippen LogP contribution in [0.25, 0.3) is 0 Å². The SMILES string of the molecule is C=C(OO)N(CC(=O)O)c1nc(NCCN)nc(Nc2cc(S(=O)(=O)O)ccc2SOOO)n1. The number of nitrogens with two attached hydrogens (primary N) is 1. The fourth-order valence-corrected chi connectivity index (χ4v) is 3.21. The van der Waals surface area contributed by atoms with Crippen LogP contribution in [0.5, 0.6) is 0 Å². The summed E-state index contributed by atoms with van der Waals surface area (Å²) < 4.78 is 36.8. The number of aliphatic carboxylic acids is 1. The first-order chi connectivity index (χ1) is 16.1. The van der Waals surface area contributed by atoms with Gasteiger partial charge in [-0.3, -0.25) is 14.2 Å². The molecule has 0 spiro atoms. The molecule has 0 amide bonds. The Kier molecular flexibility index (Phi) is 9.70. The van der Waals surface area contributed by atoms with Crippen molar-refractivity contribution >= 4 is 51.7 Å². The molecule has 34 heavy (non-hydrogen) atoms. The van der Waals surface area contributed by atoms with Crippen molar-refractivity contribution in [2.75, 3.05) is 35.2 Å². The lowest BCUT2D eigenvalue weighted by Crippen LogP contribution is -2.31. The minimum absolute atomic E-state index is 0.0406. The normalized spacial score (nSPS) is 11.1. The van der Waals surface area contributed by atoms with E-state index in [4.69, 9.17) is 21.4 Å². The van der Waals surface area contributed by atoms with Crippen molar-refractivity contribution in [3.05, 3.63) is 30.7 Å². The number of hydrogen-bond acceptors (Lipinski definition) is 16. The first-order valence-corrected chi connectivity index (χ1v) is 11.0. The van der Waals surface area contributed by atoms with Gasteiger partial charge in [0, 0.05) is 13.1 Å². The molecule has 0 aliphatic carbocycles. The zero-order valence-corrected chi connectivity index (χ0v) is 18.6. The largest absolute Gasteiger partial charge is 0.480 e. The molecular weight excluding hydrogens is 502 g/mol. The molecule has 0 aliphatic heterocycles. The summed E-state index contributed by atoms with van der Waals surface area (Å²) in [5.41, 5.74) is 5.42. The zero-order valence-electron chi connectivity index (χ0n) is 17.0. The maximum atomic E-state index is 11.5. The number of benzene rings is 1. The van der Waals surface area contributed by atoms with Crippen LogP contribution in [-0.4, -0.2) is 69.1 Å². The fourth-order valence-electron chi connectivity index (χ4n) is 2.27. The van der Waals surface area contributed by atoms with Crippen LogP contribution in [0.15, 0.2) is 40.5 Å². The van der Waals surface area contributed by atoms with Crippen molar-refractivity contribution in [2.45, 2.75) is 9.79 Å². The molecule has 1 aromatic heterocycles. The van der Waals surface area contributed by atoms with Gasteiger partial charge in [-0.15, -0.1) is 4.33 Å². The quantitative estimate of drug-likeness (QED) is 0.0587. The second-order valence-corrected chi connectivity index (χ2v) is 8.11. The second-order valence-electron chi connectivity index (χ2n) is 5.95. The monoisotopic (exact) mass is 521 g/mol. The molecule has 0 saturated heterocycles. The Morgan fingerprint density at radius 3 is 2.53 bits per heavy atom. The van der Waals surface area contributed by atoms with E-state index >= 15 is 0 Å². The van der Waals surface area contributed by atoms with Gasteiger partial charge >= 0.3 is 5.97 Å². The van der Waals surface area contributed by atoms with Gasteiger partial charge in [-0.1, -0.05) is 5.04 Å². The zero-order chi connectivity index (χ0) is 25.3. The molecule has 19 heteroatoms. The Hall–Kier alpha value is -3.30. The highest BCUT2D eigenvalue weighted by molar-refractivity contribution is 7.94. The smallest absolute Gasteiger partial charge is 0.323 e. The Morgan fingerprint density at radius 1 is 1.24 bits per heavy atom. The Balaban J connectivity index is 2.58. The third-order valence-corrected chi connectivity index (χ3v) is 5.16. The van der Waals surface area contributed by atoms with Crippen LogP contribution in [-0.2, 0) is 29.2 Å². The van der Waals surface area contributed by atoms with Crippen molar-refractivity contribution in [1.29, 1.82) is 0 Å². The van der Waals surface area contributed by atoms with Crippen LogP contribution < -0.4 is 21.3 Å². The minimum atomic E-state index is -4.60. The second kappa shape index (κ2) is 12.2. The van der Waals surface area contributed by atoms with E-state index in [2.05, 4.69) is 46.4 Å². The molecule has 0 saturated carbocycles. The van der Waals surface area contributed by atoms with Crippen molar-refractivity contribution in [3.63, 3.8) is 0 Å². The highest BCUT2D eigenvalue weighted by Gasteiger charge is 2.22. The van der Waals surface area contributed by atoms with Crippen LogP contribution in [0.4, 0.5) is 23.5 Å². The van der Waals surface area contributed by atoms with Gasteiger partial charge in [0.25, 0.3) is 10.1 Å². The van der Waals surface area contributed by atoms with Gasteiger partial charge in [-0.05, 0) is 24.8 Å². The first kappa shape index (κ1) is 26.9. The molecular formula is C15H19N7O10S2. The molecule has 1 heterocycles. The molecule has 8 N–H and O–H groups in total. The maximum Gasteiger partial charge on any atom is 0.323 e. The van der Waals surface area contributed by atoms with Gasteiger partial charge in [0.1, 0.15) is 6.54 Å². The Bertz CT molecular complexity index is 1130. The van der Waals surface area contributed by atoms with Crippen molar-refractivity contribution in [1.82, 2.24) is 15.0 Å². The highest BCUT2D eigenvalue weighted by atomic mass is 32.2. The topological polar surface area (TPSA) is 252 Å². The van der Waals surface area contributed by atoms with Crippen molar-refractivity contribution in [3.8, 4) is 0 Å². The van der Waals surface area contributed by atoms with Crippen molar-refractivity contribution in [2.24, 2.45) is 5.73 Å². The third-order valence-electron chi connectivity index (χ3n) is 3.64. The molecule has 0 atom stereocenters. The average Bonchev–Trinajstić information content (AvgIpc) is 2.79. The molecule has 1 aromatic carbocycles. The van der Waals surface area contributed by atoms with E-state index in [9.17, 15) is 17.8 Å². The first-order valence-electron chi connectivity index (χ1n) is 8.82. The number of anilines is 4. The van der Waals surface area contributed by atoms with E-state index in [-0.39, 0.29) is 41.5 Å². The van der Waals surface area contributed by atoms with E-state index in [0.29, 0.717) is 12.0 Å². The fraction of sp³-hybridized carbons (Fsp3) is 0.200. The van der Waals surface area contributed by atoms with Crippen LogP contribution in [0, 0.1) is 0 Å².